The summed E-state index contributed by atoms with van der Waals surface area (Å²) < 4.78 is 0. The molecule has 0 bridgehead atoms. The smallest absolute Gasteiger partial charge is 0.353 e. The summed E-state index contributed by atoms with van der Waals surface area (Å²) in [5.74, 6) is -0.472. The average molecular weight is 399 g/mol. The minimum Gasteiger partial charge on any atom is -0.481 e. The molecule has 2 heterocycles. The molecule has 0 saturated carbocycles. The molecule has 2 N–H and O–H groups in total. The molecule has 1 fully saturated rings. The Morgan fingerprint density at radius 1 is 1.31 bits per heavy atom. The molecule has 1 saturated heterocycles. The number of rotatable bonds is 7. The Morgan fingerprint density at radius 3 is 2.52 bits per heavy atom. The minimum atomic E-state index is -0.829. The third-order valence-corrected chi connectivity index (χ3v) is 5.48. The highest BCUT2D eigenvalue weighted by atomic mass is 16.6. The third-order valence-electron chi connectivity index (χ3n) is 5.48. The number of hydrogen-bond donors (Lipinski definition) is 2. The van der Waals surface area contributed by atoms with Gasteiger partial charge in [-0.2, -0.15) is 0 Å². The van der Waals surface area contributed by atoms with Gasteiger partial charge in [-0.1, -0.05) is 26.0 Å². The van der Waals surface area contributed by atoms with E-state index in [1.165, 1.54) is 11.9 Å². The fraction of sp³-hybridized carbons (Fsp3) is 0.450. The van der Waals surface area contributed by atoms with Crippen molar-refractivity contribution in [3.63, 3.8) is 0 Å². The summed E-state index contributed by atoms with van der Waals surface area (Å²) in [5, 5.41) is 24.0. The van der Waals surface area contributed by atoms with Gasteiger partial charge >= 0.3 is 11.7 Å². The van der Waals surface area contributed by atoms with Crippen LogP contribution in [0.5, 0.6) is 0 Å². The lowest BCUT2D eigenvalue weighted by Crippen LogP contribution is -2.37. The Morgan fingerprint density at radius 2 is 1.97 bits per heavy atom. The topological polar surface area (TPSA) is 121 Å². The number of nitrogens with zero attached hydrogens (tertiary/aromatic N) is 4. The van der Waals surface area contributed by atoms with E-state index in [-0.39, 0.29) is 17.3 Å². The monoisotopic (exact) mass is 399 g/mol. The van der Waals surface area contributed by atoms with Crippen LogP contribution < -0.4 is 10.2 Å². The number of nitrogens with one attached hydrogen (secondary N) is 1. The fourth-order valence-corrected chi connectivity index (χ4v) is 3.47. The van der Waals surface area contributed by atoms with E-state index in [0.29, 0.717) is 37.5 Å². The van der Waals surface area contributed by atoms with Crippen LogP contribution in [0.3, 0.4) is 0 Å². The van der Waals surface area contributed by atoms with Crippen LogP contribution in [0, 0.1) is 16.0 Å². The van der Waals surface area contributed by atoms with Gasteiger partial charge in [0.2, 0.25) is 11.6 Å². The molecule has 0 amide bonds. The van der Waals surface area contributed by atoms with Crippen LogP contribution in [-0.4, -0.2) is 39.1 Å². The number of benzene rings is 1. The lowest BCUT2D eigenvalue weighted by Gasteiger charge is -2.30. The Balaban J connectivity index is 1.84. The van der Waals surface area contributed by atoms with Gasteiger partial charge in [-0.3, -0.25) is 14.9 Å². The van der Waals surface area contributed by atoms with Crippen molar-refractivity contribution in [2.45, 2.75) is 39.0 Å². The maximum absolute atomic E-state index is 11.8. The molecule has 9 heteroatoms. The van der Waals surface area contributed by atoms with Gasteiger partial charge in [0.1, 0.15) is 6.33 Å². The van der Waals surface area contributed by atoms with E-state index in [0.717, 1.165) is 6.42 Å². The summed E-state index contributed by atoms with van der Waals surface area (Å²) >= 11 is 0. The van der Waals surface area contributed by atoms with Gasteiger partial charge in [0.25, 0.3) is 0 Å². The largest absolute Gasteiger partial charge is 0.481 e. The number of aromatic nitrogens is 2. The molecule has 29 heavy (non-hydrogen) atoms. The molecular formula is C20H25N5O4. The maximum Gasteiger partial charge on any atom is 0.353 e. The van der Waals surface area contributed by atoms with E-state index < -0.39 is 16.8 Å². The van der Waals surface area contributed by atoms with Gasteiger partial charge in [-0.15, -0.1) is 0 Å². The highest BCUT2D eigenvalue weighted by Crippen LogP contribution is 2.35. The second-order valence-electron chi connectivity index (χ2n) is 7.31. The van der Waals surface area contributed by atoms with Crippen LogP contribution in [0.15, 0.2) is 30.6 Å². The lowest BCUT2D eigenvalue weighted by atomic mass is 9.97. The molecule has 1 aromatic heterocycles. The molecule has 0 radical (unpaired) electrons. The van der Waals surface area contributed by atoms with Crippen LogP contribution in [0.2, 0.25) is 0 Å². The number of hydrogen-bond acceptors (Lipinski definition) is 7. The van der Waals surface area contributed by atoms with Crippen LogP contribution in [0.25, 0.3) is 0 Å². The van der Waals surface area contributed by atoms with Crippen LogP contribution in [0.4, 0.5) is 23.0 Å². The van der Waals surface area contributed by atoms with Crippen molar-refractivity contribution in [2.75, 3.05) is 23.3 Å². The van der Waals surface area contributed by atoms with E-state index >= 15 is 0 Å². The average Bonchev–Trinajstić information content (AvgIpc) is 2.73. The van der Waals surface area contributed by atoms with Crippen LogP contribution in [0.1, 0.15) is 44.6 Å². The van der Waals surface area contributed by atoms with Crippen molar-refractivity contribution in [3.05, 3.63) is 46.3 Å². The SMILES string of the molecule is CCC(C)c1ccc(Nc2ncnc(N3CCC(C(=O)O)CC3)c2[N+](=O)[O-])cc1. The molecule has 0 aliphatic carbocycles. The second kappa shape index (κ2) is 8.85. The van der Waals surface area contributed by atoms with Crippen molar-refractivity contribution in [1.82, 2.24) is 9.97 Å². The van der Waals surface area contributed by atoms with Gasteiger partial charge in [0.05, 0.1) is 10.8 Å². The number of carboxylic acid groups (broad SMARTS) is 1. The number of aliphatic carboxylic acids is 1. The first-order chi connectivity index (χ1) is 13.9. The first kappa shape index (κ1) is 20.5. The van der Waals surface area contributed by atoms with Crippen LogP contribution in [-0.2, 0) is 4.79 Å². The second-order valence-corrected chi connectivity index (χ2v) is 7.31. The van der Waals surface area contributed by atoms with E-state index in [2.05, 4.69) is 29.1 Å². The quantitative estimate of drug-likeness (QED) is 0.530. The van der Waals surface area contributed by atoms with Gasteiger partial charge < -0.3 is 15.3 Å². The number of piperidine rings is 1. The highest BCUT2D eigenvalue weighted by molar-refractivity contribution is 5.75. The standard InChI is InChI=1S/C20H25N5O4/c1-3-13(2)14-4-6-16(7-5-14)23-18-17(25(28)29)19(22-12-21-18)24-10-8-15(9-11-24)20(26)27/h4-7,12-13,15H,3,8-11H2,1-2H3,(H,26,27)(H,21,22,23). The Bertz CT molecular complexity index is 879. The number of carbonyl (C=O) groups is 1. The van der Waals surface area contributed by atoms with Crippen molar-refractivity contribution in [3.8, 4) is 0 Å². The molecule has 1 unspecified atom stereocenters. The summed E-state index contributed by atoms with van der Waals surface area (Å²) in [6.07, 6.45) is 3.18. The molecule has 1 atom stereocenters. The molecule has 1 aliphatic rings. The summed E-state index contributed by atoms with van der Waals surface area (Å²) in [7, 11) is 0. The summed E-state index contributed by atoms with van der Waals surface area (Å²) in [6, 6.07) is 7.76. The van der Waals surface area contributed by atoms with E-state index in [9.17, 15) is 14.9 Å². The van der Waals surface area contributed by atoms with E-state index in [1.807, 2.05) is 24.3 Å². The number of anilines is 3. The lowest BCUT2D eigenvalue weighted by molar-refractivity contribution is -0.383. The predicted octanol–water partition coefficient (Wildman–Crippen LogP) is 3.94. The first-order valence-corrected chi connectivity index (χ1v) is 9.74. The van der Waals surface area contributed by atoms with Crippen molar-refractivity contribution in [2.24, 2.45) is 5.92 Å². The normalized spacial score (nSPS) is 15.7. The zero-order chi connectivity index (χ0) is 21.0. The number of nitro groups is 1. The summed E-state index contributed by atoms with van der Waals surface area (Å²) in [5.41, 5.74) is 1.71. The first-order valence-electron chi connectivity index (χ1n) is 9.74. The number of carboxylic acids is 1. The zero-order valence-corrected chi connectivity index (χ0v) is 16.5. The van der Waals surface area contributed by atoms with Gasteiger partial charge in [0, 0.05) is 18.8 Å². The molecule has 1 aromatic carbocycles. The predicted molar refractivity (Wildman–Crippen MR) is 110 cm³/mol. The maximum atomic E-state index is 11.8. The molecule has 3 rings (SSSR count). The minimum absolute atomic E-state index is 0.122. The molecule has 9 nitrogen and oxygen atoms in total. The third kappa shape index (κ3) is 4.61. The Hall–Kier alpha value is -3.23. The molecule has 0 spiro atoms. The summed E-state index contributed by atoms with van der Waals surface area (Å²) in [6.45, 7) is 5.08. The van der Waals surface area contributed by atoms with Gasteiger partial charge in [-0.05, 0) is 42.9 Å². The van der Waals surface area contributed by atoms with Crippen molar-refractivity contribution < 1.29 is 14.8 Å². The Labute approximate surface area is 168 Å². The molecule has 154 valence electrons. The van der Waals surface area contributed by atoms with E-state index in [4.69, 9.17) is 5.11 Å². The van der Waals surface area contributed by atoms with Crippen LogP contribution >= 0.6 is 0 Å². The highest BCUT2D eigenvalue weighted by Gasteiger charge is 2.31. The molecular weight excluding hydrogens is 374 g/mol. The zero-order valence-electron chi connectivity index (χ0n) is 16.5. The fourth-order valence-electron chi connectivity index (χ4n) is 3.47. The van der Waals surface area contributed by atoms with E-state index in [1.54, 1.807) is 4.90 Å². The van der Waals surface area contributed by atoms with Crippen molar-refractivity contribution in [1.29, 1.82) is 0 Å². The summed E-state index contributed by atoms with van der Waals surface area (Å²) in [4.78, 5) is 32.4. The van der Waals surface area contributed by atoms with Gasteiger partial charge in [-0.25, -0.2) is 9.97 Å². The molecule has 1 aliphatic heterocycles. The Kier molecular flexibility index (Phi) is 6.26. The van der Waals surface area contributed by atoms with Crippen molar-refractivity contribution >= 4 is 29.0 Å². The van der Waals surface area contributed by atoms with Gasteiger partial charge in [0.15, 0.2) is 0 Å². The molecule has 2 aromatic rings.